The molecule has 1 N–H and O–H groups in total. The molecule has 1 heterocycles. The van der Waals surface area contributed by atoms with Crippen LogP contribution in [0.25, 0.3) is 10.9 Å². The normalized spacial score (nSPS) is 10.8. The van der Waals surface area contributed by atoms with Gasteiger partial charge >= 0.3 is 0 Å². The summed E-state index contributed by atoms with van der Waals surface area (Å²) < 4.78 is 0. The van der Waals surface area contributed by atoms with Crippen LogP contribution in [0.1, 0.15) is 11.3 Å². The van der Waals surface area contributed by atoms with E-state index in [4.69, 9.17) is 11.6 Å². The highest BCUT2D eigenvalue weighted by molar-refractivity contribution is 6.32. The zero-order valence-electron chi connectivity index (χ0n) is 10.2. The summed E-state index contributed by atoms with van der Waals surface area (Å²) in [6.45, 7) is 0. The molecule has 2 nitrogen and oxygen atoms in total. The molecule has 1 aromatic heterocycles. The number of hydrogen-bond acceptors (Lipinski definition) is 2. The number of hydrogen-bond donors (Lipinski definition) is 1. The van der Waals surface area contributed by atoms with E-state index in [-0.39, 0.29) is 5.75 Å². The largest absolute Gasteiger partial charge is 0.506 e. The molecule has 3 heteroatoms. The van der Waals surface area contributed by atoms with Gasteiger partial charge in [-0.3, -0.25) is 4.98 Å². The lowest BCUT2D eigenvalue weighted by atomic mass is 10.1. The van der Waals surface area contributed by atoms with Gasteiger partial charge in [0.05, 0.1) is 10.5 Å². The molecule has 0 amide bonds. The zero-order chi connectivity index (χ0) is 13.2. The first kappa shape index (κ1) is 12.0. The molecule has 0 fully saturated rings. The molecule has 2 aromatic carbocycles. The number of rotatable bonds is 2. The van der Waals surface area contributed by atoms with Gasteiger partial charge in [-0.2, -0.15) is 0 Å². The fourth-order valence-electron chi connectivity index (χ4n) is 2.08. The van der Waals surface area contributed by atoms with Crippen molar-refractivity contribution >= 4 is 22.5 Å². The maximum atomic E-state index is 9.60. The highest BCUT2D eigenvalue weighted by Crippen LogP contribution is 2.25. The minimum atomic E-state index is 0.111. The Hall–Kier alpha value is -2.06. The first-order valence-electron chi connectivity index (χ1n) is 6.04. The van der Waals surface area contributed by atoms with Crippen molar-refractivity contribution in [2.75, 3.05) is 0 Å². The molecule has 0 bridgehead atoms. The molecule has 3 aromatic rings. The first-order valence-corrected chi connectivity index (χ1v) is 6.42. The van der Waals surface area contributed by atoms with Gasteiger partial charge < -0.3 is 5.11 Å². The van der Waals surface area contributed by atoms with Crippen LogP contribution in [0.2, 0.25) is 5.02 Å². The van der Waals surface area contributed by atoms with Crippen LogP contribution in [-0.2, 0) is 6.42 Å². The molecule has 94 valence electrons. The molecule has 0 radical (unpaired) electrons. The number of fused-ring (bicyclic) bond motifs is 1. The fraction of sp³-hybridized carbons (Fsp3) is 0.0625. The Balaban J connectivity index is 1.94. The molecular weight excluding hydrogens is 258 g/mol. The molecule has 3 rings (SSSR count). The Bertz CT molecular complexity index is 740. The summed E-state index contributed by atoms with van der Waals surface area (Å²) in [5.41, 5.74) is 2.95. The fourth-order valence-corrected chi connectivity index (χ4v) is 2.20. The molecule has 0 unspecified atom stereocenters. The van der Waals surface area contributed by atoms with Crippen molar-refractivity contribution in [2.45, 2.75) is 6.42 Å². The minimum absolute atomic E-state index is 0.111. The van der Waals surface area contributed by atoms with Crippen LogP contribution in [0.5, 0.6) is 5.75 Å². The second-order valence-electron chi connectivity index (χ2n) is 4.46. The summed E-state index contributed by atoms with van der Waals surface area (Å²) in [5, 5.41) is 11.1. The van der Waals surface area contributed by atoms with Crippen molar-refractivity contribution in [3.8, 4) is 5.75 Å². The Morgan fingerprint density at radius 1 is 1.00 bits per heavy atom. The van der Waals surface area contributed by atoms with E-state index >= 15 is 0 Å². The van der Waals surface area contributed by atoms with Crippen molar-refractivity contribution in [1.29, 1.82) is 0 Å². The average molecular weight is 270 g/mol. The van der Waals surface area contributed by atoms with Gasteiger partial charge in [-0.05, 0) is 29.8 Å². The predicted molar refractivity (Wildman–Crippen MR) is 77.7 cm³/mol. The smallest absolute Gasteiger partial charge is 0.134 e. The number of phenols is 1. The summed E-state index contributed by atoms with van der Waals surface area (Å²) in [5.74, 6) is 0.111. The minimum Gasteiger partial charge on any atom is -0.506 e. The van der Waals surface area contributed by atoms with Gasteiger partial charge in [0, 0.05) is 17.5 Å². The van der Waals surface area contributed by atoms with Gasteiger partial charge in [0.2, 0.25) is 0 Å². The van der Waals surface area contributed by atoms with Gasteiger partial charge in [-0.25, -0.2) is 0 Å². The van der Waals surface area contributed by atoms with E-state index in [0.717, 1.165) is 22.2 Å². The number of benzene rings is 2. The van der Waals surface area contributed by atoms with E-state index in [1.54, 1.807) is 12.1 Å². The number of pyridine rings is 1. The van der Waals surface area contributed by atoms with E-state index in [1.807, 2.05) is 36.4 Å². The maximum Gasteiger partial charge on any atom is 0.134 e. The lowest BCUT2D eigenvalue weighted by Crippen LogP contribution is -1.92. The third-order valence-corrected chi connectivity index (χ3v) is 3.37. The van der Waals surface area contributed by atoms with Crippen LogP contribution in [-0.4, -0.2) is 10.1 Å². The summed E-state index contributed by atoms with van der Waals surface area (Å²) in [6, 6.07) is 17.4. The summed E-state index contributed by atoms with van der Waals surface area (Å²) in [7, 11) is 0. The predicted octanol–water partition coefficient (Wildman–Crippen LogP) is 4.18. The van der Waals surface area contributed by atoms with Crippen molar-refractivity contribution in [2.24, 2.45) is 0 Å². The molecule has 0 aliphatic heterocycles. The van der Waals surface area contributed by atoms with Crippen LogP contribution in [0.15, 0.2) is 54.6 Å². The standard InChI is InChI=1S/C16H12ClNO/c17-14-8-5-11(10-16(14)19)9-13-7-6-12-3-1-2-4-15(12)18-13/h1-8,10,19H,9H2. The summed E-state index contributed by atoms with van der Waals surface area (Å²) in [4.78, 5) is 4.61. The van der Waals surface area contributed by atoms with Crippen LogP contribution in [0.4, 0.5) is 0 Å². The van der Waals surface area contributed by atoms with E-state index in [9.17, 15) is 5.11 Å². The van der Waals surface area contributed by atoms with Gasteiger partial charge in [-0.1, -0.05) is 41.9 Å². The molecule has 0 aliphatic carbocycles. The third kappa shape index (κ3) is 2.54. The monoisotopic (exact) mass is 269 g/mol. The second kappa shape index (κ2) is 4.90. The van der Waals surface area contributed by atoms with Gasteiger partial charge in [0.1, 0.15) is 5.75 Å². The highest BCUT2D eigenvalue weighted by atomic mass is 35.5. The third-order valence-electron chi connectivity index (χ3n) is 3.05. The first-order chi connectivity index (χ1) is 9.22. The second-order valence-corrected chi connectivity index (χ2v) is 4.87. The summed E-state index contributed by atoms with van der Waals surface area (Å²) in [6.07, 6.45) is 0.676. The molecule has 0 saturated carbocycles. The average Bonchev–Trinajstić information content (AvgIpc) is 2.43. The SMILES string of the molecule is Oc1cc(Cc2ccc3ccccc3n2)ccc1Cl. The number of halogens is 1. The number of para-hydroxylation sites is 1. The van der Waals surface area contributed by atoms with Gasteiger partial charge in [0.15, 0.2) is 0 Å². The Labute approximate surface area is 116 Å². The molecular formula is C16H12ClNO. The van der Waals surface area contributed by atoms with Crippen LogP contribution >= 0.6 is 11.6 Å². The van der Waals surface area contributed by atoms with Crippen LogP contribution in [0, 0.1) is 0 Å². The number of aromatic nitrogens is 1. The topological polar surface area (TPSA) is 33.1 Å². The van der Waals surface area contributed by atoms with Crippen LogP contribution in [0.3, 0.4) is 0 Å². The Kier molecular flexibility index (Phi) is 3.10. The van der Waals surface area contributed by atoms with E-state index in [0.29, 0.717) is 11.4 Å². The molecule has 19 heavy (non-hydrogen) atoms. The number of aromatic hydroxyl groups is 1. The zero-order valence-corrected chi connectivity index (χ0v) is 10.9. The molecule has 0 spiro atoms. The highest BCUT2D eigenvalue weighted by Gasteiger charge is 2.03. The Morgan fingerprint density at radius 3 is 2.68 bits per heavy atom. The Morgan fingerprint density at radius 2 is 1.84 bits per heavy atom. The van der Waals surface area contributed by atoms with E-state index in [2.05, 4.69) is 11.1 Å². The van der Waals surface area contributed by atoms with Gasteiger partial charge in [0.25, 0.3) is 0 Å². The van der Waals surface area contributed by atoms with Crippen molar-refractivity contribution < 1.29 is 5.11 Å². The quantitative estimate of drug-likeness (QED) is 0.757. The lowest BCUT2D eigenvalue weighted by Gasteiger charge is -2.05. The number of nitrogens with zero attached hydrogens (tertiary/aromatic N) is 1. The number of phenolic OH excluding ortho intramolecular Hbond substituents is 1. The van der Waals surface area contributed by atoms with E-state index in [1.165, 1.54) is 0 Å². The molecule has 0 aliphatic rings. The van der Waals surface area contributed by atoms with Crippen LogP contribution < -0.4 is 0 Å². The molecule has 0 atom stereocenters. The lowest BCUT2D eigenvalue weighted by molar-refractivity contribution is 0.475. The van der Waals surface area contributed by atoms with E-state index < -0.39 is 0 Å². The van der Waals surface area contributed by atoms with Crippen molar-refractivity contribution in [3.05, 3.63) is 70.9 Å². The van der Waals surface area contributed by atoms with Crippen molar-refractivity contribution in [3.63, 3.8) is 0 Å². The van der Waals surface area contributed by atoms with Crippen molar-refractivity contribution in [1.82, 2.24) is 4.98 Å². The molecule has 0 saturated heterocycles. The summed E-state index contributed by atoms with van der Waals surface area (Å²) >= 11 is 5.80. The maximum absolute atomic E-state index is 9.60. The van der Waals surface area contributed by atoms with Gasteiger partial charge in [-0.15, -0.1) is 0 Å².